The number of carbonyl (C=O) groups is 2. The van der Waals surface area contributed by atoms with Crippen molar-refractivity contribution >= 4 is 11.8 Å². The molecule has 0 heterocycles. The lowest BCUT2D eigenvalue weighted by Gasteiger charge is -2.54. The normalized spacial score (nSPS) is 49.5. The molecule has 0 saturated heterocycles. The summed E-state index contributed by atoms with van der Waals surface area (Å²) in [7, 11) is 1.35. The van der Waals surface area contributed by atoms with Crippen molar-refractivity contribution in [3.63, 3.8) is 0 Å². The number of aliphatic hydroxyl groups excluding tert-OH is 1. The van der Waals surface area contributed by atoms with Crippen LogP contribution in [0.4, 0.5) is 0 Å². The molecule has 4 saturated carbocycles. The van der Waals surface area contributed by atoms with Crippen LogP contribution in [0.15, 0.2) is 0 Å². The minimum atomic E-state index is -0.621. The highest BCUT2D eigenvalue weighted by atomic mass is 16.5. The van der Waals surface area contributed by atoms with Gasteiger partial charge in [-0.05, 0) is 31.1 Å². The lowest BCUT2D eigenvalue weighted by Crippen LogP contribution is -2.60. The number of carbonyl (C=O) groups excluding carboxylic acids is 2. The topological polar surface area (TPSA) is 63.6 Å². The predicted molar refractivity (Wildman–Crippen MR) is 54.3 cm³/mol. The minimum absolute atomic E-state index is 0.0927. The molecule has 0 amide bonds. The SMILES string of the molecule is COC(=O)[C@H]1[C@H]2C[C@@H]3C[C@H](C2)[C@H](O)[C@H]1C3=O. The molecule has 88 valence electrons. The number of hydrogen-bond donors (Lipinski definition) is 1. The second-order valence-corrected chi connectivity index (χ2v) is 5.39. The first-order chi connectivity index (χ1) is 7.63. The van der Waals surface area contributed by atoms with E-state index in [4.69, 9.17) is 4.74 Å². The fraction of sp³-hybridized carbons (Fsp3) is 0.833. The Morgan fingerprint density at radius 2 is 2.00 bits per heavy atom. The molecule has 4 aliphatic rings. The third-order valence-electron chi connectivity index (χ3n) is 4.73. The average Bonchev–Trinajstić information content (AvgIpc) is 2.29. The van der Waals surface area contributed by atoms with Crippen LogP contribution >= 0.6 is 0 Å². The summed E-state index contributed by atoms with van der Waals surface area (Å²) in [6, 6.07) is 0. The first-order valence-corrected chi connectivity index (χ1v) is 5.93. The summed E-state index contributed by atoms with van der Waals surface area (Å²) in [6.45, 7) is 0. The van der Waals surface area contributed by atoms with Gasteiger partial charge in [-0.1, -0.05) is 0 Å². The second kappa shape index (κ2) is 3.29. The summed E-state index contributed by atoms with van der Waals surface area (Å²) in [4.78, 5) is 23.8. The molecule has 6 atom stereocenters. The van der Waals surface area contributed by atoms with Crippen LogP contribution in [0.2, 0.25) is 0 Å². The highest BCUT2D eigenvalue weighted by Crippen LogP contribution is 2.55. The molecule has 16 heavy (non-hydrogen) atoms. The van der Waals surface area contributed by atoms with Crippen molar-refractivity contribution in [2.24, 2.45) is 29.6 Å². The first-order valence-electron chi connectivity index (χ1n) is 5.93. The van der Waals surface area contributed by atoms with Gasteiger partial charge in [0.15, 0.2) is 0 Å². The summed E-state index contributed by atoms with van der Waals surface area (Å²) in [5, 5.41) is 10.1. The Morgan fingerprint density at radius 1 is 1.31 bits per heavy atom. The van der Waals surface area contributed by atoms with E-state index in [1.807, 2.05) is 0 Å². The van der Waals surface area contributed by atoms with E-state index in [-0.39, 0.29) is 35.4 Å². The monoisotopic (exact) mass is 224 g/mol. The van der Waals surface area contributed by atoms with E-state index < -0.39 is 12.0 Å². The van der Waals surface area contributed by atoms with Gasteiger partial charge in [-0.3, -0.25) is 9.59 Å². The number of ketones is 1. The van der Waals surface area contributed by atoms with E-state index in [9.17, 15) is 14.7 Å². The molecule has 0 aromatic carbocycles. The Bertz CT molecular complexity index is 351. The maximum atomic E-state index is 12.0. The largest absolute Gasteiger partial charge is 0.469 e. The van der Waals surface area contributed by atoms with Crippen molar-refractivity contribution in [1.29, 1.82) is 0 Å². The van der Waals surface area contributed by atoms with Gasteiger partial charge in [-0.2, -0.15) is 0 Å². The first kappa shape index (κ1) is 10.3. The zero-order valence-electron chi connectivity index (χ0n) is 9.26. The standard InChI is InChI=1S/C12H16O4/c1-16-12(15)8-5-2-6-4-7(3-5)11(14)9(8)10(6)13/h5-10,13H,2-4H2,1H3/t5-,6+,7-,8+,9+,10+/m1/s1. The zero-order valence-corrected chi connectivity index (χ0v) is 9.26. The van der Waals surface area contributed by atoms with Gasteiger partial charge in [-0.15, -0.1) is 0 Å². The van der Waals surface area contributed by atoms with E-state index in [1.54, 1.807) is 0 Å². The van der Waals surface area contributed by atoms with E-state index in [1.165, 1.54) is 7.11 Å². The molecule has 4 fully saturated rings. The van der Waals surface area contributed by atoms with Crippen LogP contribution in [0.25, 0.3) is 0 Å². The second-order valence-electron chi connectivity index (χ2n) is 5.39. The predicted octanol–water partition coefficient (Wildman–Crippen LogP) is 0.381. The number of hydrogen-bond acceptors (Lipinski definition) is 4. The molecule has 0 aromatic rings. The van der Waals surface area contributed by atoms with Crippen LogP contribution in [0.3, 0.4) is 0 Å². The fourth-order valence-corrected chi connectivity index (χ4v) is 4.10. The van der Waals surface area contributed by atoms with Crippen molar-refractivity contribution in [3.05, 3.63) is 0 Å². The number of Topliss-reactive ketones (excluding diaryl/α,β-unsaturated/α-hetero) is 1. The van der Waals surface area contributed by atoms with E-state index >= 15 is 0 Å². The Hall–Kier alpha value is -0.900. The van der Waals surface area contributed by atoms with Crippen LogP contribution in [0.1, 0.15) is 19.3 Å². The Morgan fingerprint density at radius 3 is 2.69 bits per heavy atom. The van der Waals surface area contributed by atoms with Gasteiger partial charge in [0, 0.05) is 5.92 Å². The molecule has 0 spiro atoms. The minimum Gasteiger partial charge on any atom is -0.469 e. The van der Waals surface area contributed by atoms with Gasteiger partial charge in [-0.25, -0.2) is 0 Å². The highest BCUT2D eigenvalue weighted by molar-refractivity contribution is 5.91. The molecule has 0 radical (unpaired) electrons. The van der Waals surface area contributed by atoms with Gasteiger partial charge >= 0.3 is 5.97 Å². The summed E-state index contributed by atoms with van der Waals surface area (Å²) < 4.78 is 4.77. The van der Waals surface area contributed by atoms with Crippen LogP contribution in [-0.4, -0.2) is 30.1 Å². The number of aliphatic hydroxyl groups is 1. The molecule has 4 heteroatoms. The zero-order chi connectivity index (χ0) is 11.4. The van der Waals surface area contributed by atoms with E-state index in [0.29, 0.717) is 0 Å². The number of ether oxygens (including phenoxy) is 1. The van der Waals surface area contributed by atoms with Crippen molar-refractivity contribution in [2.75, 3.05) is 7.11 Å². The van der Waals surface area contributed by atoms with Crippen LogP contribution < -0.4 is 0 Å². The van der Waals surface area contributed by atoms with Crippen molar-refractivity contribution in [1.82, 2.24) is 0 Å². The van der Waals surface area contributed by atoms with Crippen LogP contribution in [-0.2, 0) is 14.3 Å². The molecule has 4 rings (SSSR count). The smallest absolute Gasteiger partial charge is 0.309 e. The summed E-state index contributed by atoms with van der Waals surface area (Å²) in [5.74, 6) is -0.520. The third kappa shape index (κ3) is 1.14. The van der Waals surface area contributed by atoms with Crippen molar-refractivity contribution < 1.29 is 19.4 Å². The quantitative estimate of drug-likeness (QED) is 0.654. The molecule has 4 bridgehead atoms. The average molecular weight is 224 g/mol. The fourth-order valence-electron chi connectivity index (χ4n) is 4.10. The molecule has 0 unspecified atom stereocenters. The molecule has 4 nitrogen and oxygen atoms in total. The summed E-state index contributed by atoms with van der Waals surface area (Å²) in [5.41, 5.74) is 0. The maximum Gasteiger partial charge on any atom is 0.309 e. The van der Waals surface area contributed by atoms with E-state index in [0.717, 1.165) is 19.3 Å². The highest BCUT2D eigenvalue weighted by Gasteiger charge is 2.60. The van der Waals surface area contributed by atoms with Gasteiger partial charge in [0.05, 0.1) is 25.0 Å². The van der Waals surface area contributed by atoms with Gasteiger partial charge in [0.2, 0.25) is 0 Å². The summed E-state index contributed by atoms with van der Waals surface area (Å²) in [6.07, 6.45) is 1.89. The maximum absolute atomic E-state index is 12.0. The Balaban J connectivity index is 1.97. The number of methoxy groups -OCH3 is 1. The lowest BCUT2D eigenvalue weighted by molar-refractivity contribution is -0.181. The molecule has 4 aliphatic carbocycles. The molecule has 0 aromatic heterocycles. The molecular formula is C12H16O4. The third-order valence-corrected chi connectivity index (χ3v) is 4.73. The van der Waals surface area contributed by atoms with Crippen molar-refractivity contribution in [3.8, 4) is 0 Å². The molecule has 0 aliphatic heterocycles. The Kier molecular flexibility index (Phi) is 2.11. The van der Waals surface area contributed by atoms with Gasteiger partial charge < -0.3 is 9.84 Å². The van der Waals surface area contributed by atoms with Gasteiger partial charge in [0.25, 0.3) is 0 Å². The molecular weight excluding hydrogens is 208 g/mol. The summed E-state index contributed by atoms with van der Waals surface area (Å²) >= 11 is 0. The van der Waals surface area contributed by atoms with Gasteiger partial charge in [0.1, 0.15) is 5.78 Å². The number of rotatable bonds is 1. The van der Waals surface area contributed by atoms with Crippen LogP contribution in [0.5, 0.6) is 0 Å². The number of esters is 1. The van der Waals surface area contributed by atoms with Crippen molar-refractivity contribution in [2.45, 2.75) is 25.4 Å². The Labute approximate surface area is 94.0 Å². The molecule has 1 N–H and O–H groups in total. The van der Waals surface area contributed by atoms with Crippen LogP contribution in [0, 0.1) is 29.6 Å². The lowest BCUT2D eigenvalue weighted by atomic mass is 9.50. The van der Waals surface area contributed by atoms with E-state index in [2.05, 4.69) is 0 Å².